The first-order valence-electron chi connectivity index (χ1n) is 8.51. The largest absolute Gasteiger partial charge is 0.471 e. The van der Waals surface area contributed by atoms with Crippen molar-refractivity contribution in [2.75, 3.05) is 7.05 Å². The van der Waals surface area contributed by atoms with Gasteiger partial charge in [0, 0.05) is 31.5 Å². The molecule has 0 unspecified atom stereocenters. The van der Waals surface area contributed by atoms with Crippen molar-refractivity contribution in [3.8, 4) is 11.4 Å². The molecule has 0 aliphatic heterocycles. The average molecular weight is 401 g/mol. The highest BCUT2D eigenvalue weighted by molar-refractivity contribution is 5.92. The summed E-state index contributed by atoms with van der Waals surface area (Å²) in [6.07, 6.45) is -1.72. The van der Waals surface area contributed by atoms with E-state index in [1.165, 1.54) is 27.8 Å². The molecule has 0 bridgehead atoms. The molecule has 7 nitrogen and oxygen atoms in total. The van der Waals surface area contributed by atoms with Crippen LogP contribution in [0.4, 0.5) is 13.2 Å². The normalized spacial score (nSPS) is 11.7. The van der Waals surface area contributed by atoms with Crippen LogP contribution in [0, 0.1) is 0 Å². The van der Waals surface area contributed by atoms with E-state index in [9.17, 15) is 18.0 Å². The summed E-state index contributed by atoms with van der Waals surface area (Å²) in [4.78, 5) is 21.9. The number of fused-ring (bicyclic) bond motifs is 1. The molecule has 4 rings (SSSR count). The van der Waals surface area contributed by atoms with Gasteiger partial charge in [0.15, 0.2) is 0 Å². The molecule has 148 valence electrons. The summed E-state index contributed by atoms with van der Waals surface area (Å²) in [6, 6.07) is 12.6. The van der Waals surface area contributed by atoms with Gasteiger partial charge in [0.25, 0.3) is 5.91 Å². The molecule has 10 heteroatoms. The van der Waals surface area contributed by atoms with Crippen LogP contribution in [0.15, 0.2) is 59.4 Å². The zero-order valence-corrected chi connectivity index (χ0v) is 15.1. The Morgan fingerprint density at radius 2 is 1.86 bits per heavy atom. The fourth-order valence-corrected chi connectivity index (χ4v) is 2.81. The van der Waals surface area contributed by atoms with E-state index in [0.717, 1.165) is 5.56 Å². The van der Waals surface area contributed by atoms with Crippen LogP contribution in [0.1, 0.15) is 21.9 Å². The highest BCUT2D eigenvalue weighted by Gasteiger charge is 2.38. The van der Waals surface area contributed by atoms with Crippen LogP contribution in [0.3, 0.4) is 0 Å². The Balaban J connectivity index is 1.58. The number of benzene rings is 1. The monoisotopic (exact) mass is 401 g/mol. The molecule has 3 aromatic heterocycles. The first-order chi connectivity index (χ1) is 13.8. The highest BCUT2D eigenvalue weighted by Crippen LogP contribution is 2.29. The zero-order chi connectivity index (χ0) is 20.6. The topological polar surface area (TPSA) is 76.5 Å². The zero-order valence-electron chi connectivity index (χ0n) is 15.1. The fraction of sp³-hybridized carbons (Fsp3) is 0.158. The number of imidazole rings is 1. The summed E-state index contributed by atoms with van der Waals surface area (Å²) in [5, 5.41) is 3.36. The SMILES string of the molecule is CN(Cc1ccccc1)C(=O)c1cn2cc(-c3noc(C(F)(F)F)n3)ccc2n1. The number of carbonyl (C=O) groups excluding carboxylic acids is 1. The second-order valence-corrected chi connectivity index (χ2v) is 6.38. The van der Waals surface area contributed by atoms with Gasteiger partial charge in [-0.25, -0.2) is 4.98 Å². The minimum atomic E-state index is -4.71. The van der Waals surface area contributed by atoms with E-state index < -0.39 is 12.1 Å². The van der Waals surface area contributed by atoms with Crippen molar-refractivity contribution in [3.63, 3.8) is 0 Å². The Morgan fingerprint density at radius 3 is 2.55 bits per heavy atom. The van der Waals surface area contributed by atoms with Crippen molar-refractivity contribution in [2.24, 2.45) is 0 Å². The molecule has 0 N–H and O–H groups in total. The Labute approximate surface area is 162 Å². The van der Waals surface area contributed by atoms with Crippen LogP contribution in [-0.4, -0.2) is 37.4 Å². The van der Waals surface area contributed by atoms with Gasteiger partial charge >= 0.3 is 12.1 Å². The molecule has 4 aromatic rings. The molecule has 0 atom stereocenters. The fourth-order valence-electron chi connectivity index (χ4n) is 2.81. The van der Waals surface area contributed by atoms with Gasteiger partial charge in [0.1, 0.15) is 11.3 Å². The highest BCUT2D eigenvalue weighted by atomic mass is 19.4. The van der Waals surface area contributed by atoms with Crippen LogP contribution in [0.5, 0.6) is 0 Å². The molecule has 0 aliphatic rings. The molecule has 29 heavy (non-hydrogen) atoms. The van der Waals surface area contributed by atoms with E-state index in [2.05, 4.69) is 19.6 Å². The minimum absolute atomic E-state index is 0.206. The maximum Gasteiger partial charge on any atom is 0.471 e. The van der Waals surface area contributed by atoms with Crippen molar-refractivity contribution in [1.29, 1.82) is 0 Å². The quantitative estimate of drug-likeness (QED) is 0.522. The lowest BCUT2D eigenvalue weighted by molar-refractivity contribution is -0.159. The first kappa shape index (κ1) is 18.7. The second-order valence-electron chi connectivity index (χ2n) is 6.38. The maximum absolute atomic E-state index is 12.7. The predicted octanol–water partition coefficient (Wildman–Crippen LogP) is 3.68. The molecular weight excluding hydrogens is 387 g/mol. The van der Waals surface area contributed by atoms with Crippen molar-refractivity contribution in [2.45, 2.75) is 12.7 Å². The number of hydrogen-bond donors (Lipinski definition) is 0. The van der Waals surface area contributed by atoms with Crippen LogP contribution >= 0.6 is 0 Å². The second kappa shape index (κ2) is 7.04. The molecule has 0 spiro atoms. The molecule has 1 amide bonds. The summed E-state index contributed by atoms with van der Waals surface area (Å²) in [6.45, 7) is 0.419. The van der Waals surface area contributed by atoms with Crippen LogP contribution in [0.25, 0.3) is 17.0 Å². The molecule has 0 aliphatic carbocycles. The van der Waals surface area contributed by atoms with E-state index >= 15 is 0 Å². The smallest absolute Gasteiger partial charge is 0.336 e. The lowest BCUT2D eigenvalue weighted by Crippen LogP contribution is -2.26. The number of hydrogen-bond acceptors (Lipinski definition) is 5. The molecule has 0 fully saturated rings. The third kappa shape index (κ3) is 3.82. The third-order valence-electron chi connectivity index (χ3n) is 4.21. The van der Waals surface area contributed by atoms with E-state index in [-0.39, 0.29) is 17.4 Å². The van der Waals surface area contributed by atoms with Crippen molar-refractivity contribution in [3.05, 3.63) is 72.0 Å². The van der Waals surface area contributed by atoms with E-state index in [0.29, 0.717) is 17.8 Å². The van der Waals surface area contributed by atoms with Crippen LogP contribution < -0.4 is 0 Å². The first-order valence-corrected chi connectivity index (χ1v) is 8.51. The summed E-state index contributed by atoms with van der Waals surface area (Å²) >= 11 is 0. The number of rotatable bonds is 4. The molecule has 3 heterocycles. The van der Waals surface area contributed by atoms with E-state index in [1.54, 1.807) is 13.1 Å². The number of halogens is 3. The van der Waals surface area contributed by atoms with Crippen molar-refractivity contribution < 1.29 is 22.5 Å². The standard InChI is InChI=1S/C19H14F3N5O2/c1-26(9-12-5-3-2-4-6-12)17(28)14-11-27-10-13(7-8-15(27)23-14)16-24-18(29-25-16)19(20,21)22/h2-8,10-11H,9H2,1H3. The summed E-state index contributed by atoms with van der Waals surface area (Å²) < 4.78 is 43.7. The third-order valence-corrected chi connectivity index (χ3v) is 4.21. The van der Waals surface area contributed by atoms with Gasteiger partial charge in [0.05, 0.1) is 0 Å². The summed E-state index contributed by atoms with van der Waals surface area (Å²) in [7, 11) is 1.67. The number of aromatic nitrogens is 4. The molecular formula is C19H14F3N5O2. The van der Waals surface area contributed by atoms with Gasteiger partial charge in [-0.3, -0.25) is 4.79 Å². The Morgan fingerprint density at radius 1 is 1.10 bits per heavy atom. The maximum atomic E-state index is 12.7. The van der Waals surface area contributed by atoms with E-state index in [1.807, 2.05) is 30.3 Å². The number of carbonyl (C=O) groups is 1. The van der Waals surface area contributed by atoms with Gasteiger partial charge in [-0.05, 0) is 17.7 Å². The number of pyridine rings is 1. The van der Waals surface area contributed by atoms with Gasteiger partial charge < -0.3 is 13.8 Å². The predicted molar refractivity (Wildman–Crippen MR) is 95.7 cm³/mol. The van der Waals surface area contributed by atoms with Gasteiger partial charge in [-0.1, -0.05) is 35.5 Å². The molecule has 0 saturated heterocycles. The van der Waals surface area contributed by atoms with Gasteiger partial charge in [0.2, 0.25) is 5.82 Å². The van der Waals surface area contributed by atoms with Crippen molar-refractivity contribution in [1.82, 2.24) is 24.4 Å². The number of alkyl halides is 3. The van der Waals surface area contributed by atoms with Gasteiger partial charge in [-0.2, -0.15) is 18.2 Å². The summed E-state index contributed by atoms with van der Waals surface area (Å²) in [5.41, 5.74) is 1.95. The molecule has 0 saturated carbocycles. The van der Waals surface area contributed by atoms with Crippen molar-refractivity contribution >= 4 is 11.6 Å². The average Bonchev–Trinajstić information content (AvgIpc) is 3.34. The van der Waals surface area contributed by atoms with Crippen LogP contribution in [-0.2, 0) is 12.7 Å². The number of nitrogens with zero attached hydrogens (tertiary/aromatic N) is 5. The molecule has 0 radical (unpaired) electrons. The lowest BCUT2D eigenvalue weighted by atomic mass is 10.2. The Hall–Kier alpha value is -3.69. The Bertz CT molecular complexity index is 1170. The molecule has 1 aromatic carbocycles. The van der Waals surface area contributed by atoms with E-state index in [4.69, 9.17) is 0 Å². The summed E-state index contributed by atoms with van der Waals surface area (Å²) in [5.74, 6) is -1.91. The van der Waals surface area contributed by atoms with Crippen LogP contribution in [0.2, 0.25) is 0 Å². The van der Waals surface area contributed by atoms with Gasteiger partial charge in [-0.15, -0.1) is 0 Å². The lowest BCUT2D eigenvalue weighted by Gasteiger charge is -2.15. The Kier molecular flexibility index (Phi) is 4.53. The number of amides is 1. The minimum Gasteiger partial charge on any atom is -0.336 e.